The molecule has 2 amide bonds. The summed E-state index contributed by atoms with van der Waals surface area (Å²) in [6, 6.07) is -2.26. The maximum absolute atomic E-state index is 12.7. The average molecular weight is 417 g/mol. The van der Waals surface area contributed by atoms with Gasteiger partial charge in [0.25, 0.3) is 0 Å². The molecule has 9 nitrogen and oxygen atoms in total. The molecule has 0 rings (SSSR count). The van der Waals surface area contributed by atoms with E-state index in [1.165, 1.54) is 0 Å². The van der Waals surface area contributed by atoms with Gasteiger partial charge < -0.3 is 27.8 Å². The number of nitrogens with two attached hydrogens (primary N) is 3. The van der Waals surface area contributed by atoms with E-state index in [4.69, 9.17) is 17.2 Å². The Morgan fingerprint density at radius 2 is 1.46 bits per heavy atom. The first-order valence-electron chi connectivity index (χ1n) is 9.58. The zero-order valence-electron chi connectivity index (χ0n) is 17.3. The van der Waals surface area contributed by atoms with E-state index in [9.17, 15) is 14.4 Å². The molecule has 0 bridgehead atoms. The van der Waals surface area contributed by atoms with Crippen LogP contribution < -0.4 is 27.8 Å². The molecule has 0 fully saturated rings. The molecule has 0 saturated heterocycles. The number of aliphatic imine (C=N–C) groups is 1. The van der Waals surface area contributed by atoms with Crippen LogP contribution in [0.15, 0.2) is 4.99 Å². The second kappa shape index (κ2) is 13.4. The minimum Gasteiger partial charge on any atom is -0.370 e. The lowest BCUT2D eigenvalue weighted by atomic mass is 10.00. The molecule has 0 saturated carbocycles. The molecule has 0 aliphatic carbocycles. The molecule has 10 heteroatoms. The van der Waals surface area contributed by atoms with Crippen LogP contribution >= 0.6 is 12.6 Å². The number of nitrogens with one attached hydrogen (secondary N) is 2. The Morgan fingerprint density at radius 3 is 1.93 bits per heavy atom. The highest BCUT2D eigenvalue weighted by Gasteiger charge is 2.27. The summed E-state index contributed by atoms with van der Waals surface area (Å²) < 4.78 is 0. The molecule has 0 aliphatic rings. The molecule has 0 unspecified atom stereocenters. The quantitative estimate of drug-likeness (QED) is 0.106. The van der Waals surface area contributed by atoms with Crippen LogP contribution in [0.3, 0.4) is 0 Å². The molecule has 3 atom stereocenters. The highest BCUT2D eigenvalue weighted by Crippen LogP contribution is 2.09. The summed E-state index contributed by atoms with van der Waals surface area (Å²) in [4.78, 5) is 40.6. The fourth-order valence-corrected chi connectivity index (χ4v) is 2.82. The summed E-state index contributed by atoms with van der Waals surface area (Å²) in [5.41, 5.74) is 16.4. The summed E-state index contributed by atoms with van der Waals surface area (Å²) in [6.07, 6.45) is 1.77. The minimum absolute atomic E-state index is 0.0322. The van der Waals surface area contributed by atoms with Gasteiger partial charge in [0.05, 0.1) is 12.1 Å². The molecule has 28 heavy (non-hydrogen) atoms. The number of guanidine groups is 1. The van der Waals surface area contributed by atoms with Crippen LogP contribution in [0.5, 0.6) is 0 Å². The van der Waals surface area contributed by atoms with Crippen molar-refractivity contribution in [3.8, 4) is 0 Å². The van der Waals surface area contributed by atoms with E-state index in [0.717, 1.165) is 0 Å². The third kappa shape index (κ3) is 11.8. The molecule has 0 radical (unpaired) electrons. The average Bonchev–Trinajstić information content (AvgIpc) is 2.55. The molecule has 0 aliphatic heterocycles. The largest absolute Gasteiger partial charge is 0.370 e. The van der Waals surface area contributed by atoms with Gasteiger partial charge in [-0.1, -0.05) is 27.7 Å². The van der Waals surface area contributed by atoms with Crippen LogP contribution in [0.4, 0.5) is 0 Å². The number of rotatable bonds is 13. The Morgan fingerprint density at radius 1 is 0.929 bits per heavy atom. The van der Waals surface area contributed by atoms with Gasteiger partial charge in [0.15, 0.2) is 5.96 Å². The van der Waals surface area contributed by atoms with Crippen LogP contribution in [0.25, 0.3) is 0 Å². The summed E-state index contributed by atoms with van der Waals surface area (Å²) in [7, 11) is 0. The van der Waals surface area contributed by atoms with Crippen molar-refractivity contribution in [2.75, 3.05) is 6.54 Å². The van der Waals surface area contributed by atoms with E-state index in [1.807, 2.05) is 27.7 Å². The van der Waals surface area contributed by atoms with Gasteiger partial charge in [-0.05, 0) is 37.5 Å². The van der Waals surface area contributed by atoms with Crippen LogP contribution in [-0.2, 0) is 14.4 Å². The molecular formula is C18H36N6O3S. The van der Waals surface area contributed by atoms with Crippen molar-refractivity contribution in [1.29, 1.82) is 0 Å². The van der Waals surface area contributed by atoms with Crippen molar-refractivity contribution < 1.29 is 14.4 Å². The van der Waals surface area contributed by atoms with E-state index >= 15 is 0 Å². The Balaban J connectivity index is 4.97. The lowest BCUT2D eigenvalue weighted by Crippen LogP contribution is -2.54. The van der Waals surface area contributed by atoms with Crippen molar-refractivity contribution >= 4 is 35.5 Å². The maximum Gasteiger partial charge on any atom is 0.243 e. The lowest BCUT2D eigenvalue weighted by Gasteiger charge is -2.24. The monoisotopic (exact) mass is 416 g/mol. The van der Waals surface area contributed by atoms with Crippen LogP contribution in [0.1, 0.15) is 53.4 Å². The topological polar surface area (TPSA) is 166 Å². The number of thiol groups is 1. The molecular weight excluding hydrogens is 380 g/mol. The van der Waals surface area contributed by atoms with E-state index in [1.54, 1.807) is 0 Å². The van der Waals surface area contributed by atoms with Crippen molar-refractivity contribution in [1.82, 2.24) is 10.6 Å². The summed E-state index contributed by atoms with van der Waals surface area (Å²) in [5, 5.41) is 4.91. The van der Waals surface area contributed by atoms with Crippen molar-refractivity contribution in [3.05, 3.63) is 0 Å². The first-order valence-corrected chi connectivity index (χ1v) is 10.0. The van der Waals surface area contributed by atoms with Gasteiger partial charge in [-0.25, -0.2) is 0 Å². The fraction of sp³-hybridized carbons (Fsp3) is 0.778. The maximum atomic E-state index is 12.7. The van der Waals surface area contributed by atoms with Gasteiger partial charge >= 0.3 is 0 Å². The van der Waals surface area contributed by atoms with Gasteiger partial charge in [-0.2, -0.15) is 0 Å². The zero-order valence-corrected chi connectivity index (χ0v) is 18.2. The van der Waals surface area contributed by atoms with Gasteiger partial charge in [0.2, 0.25) is 16.9 Å². The standard InChI is InChI=1S/C18H36N6O3S/c1-10(2)8-12(19)15(25)24-14(9-11(3)4)16(26)23-13(17(27)28)6-5-7-22-18(20)21/h10-14H,5-9,19H2,1-4H3,(H,23,26)(H,24,25)(H,27,28)(H4,20,21,22)/t12-,13-,14-/m0/s1. The van der Waals surface area contributed by atoms with E-state index in [2.05, 4.69) is 28.3 Å². The Kier molecular flexibility index (Phi) is 12.5. The first kappa shape index (κ1) is 26.2. The summed E-state index contributed by atoms with van der Waals surface area (Å²) in [6.45, 7) is 8.16. The van der Waals surface area contributed by atoms with Gasteiger partial charge in [-0.3, -0.25) is 19.4 Å². The predicted molar refractivity (Wildman–Crippen MR) is 115 cm³/mol. The molecule has 0 aromatic carbocycles. The molecule has 162 valence electrons. The Labute approximate surface area is 173 Å². The first-order chi connectivity index (χ1) is 12.9. The third-order valence-electron chi connectivity index (χ3n) is 3.96. The number of hydrogen-bond donors (Lipinski definition) is 6. The Hall–Kier alpha value is -1.81. The second-order valence-corrected chi connectivity index (χ2v) is 8.22. The number of nitrogens with zero attached hydrogens (tertiary/aromatic N) is 1. The van der Waals surface area contributed by atoms with Crippen molar-refractivity contribution in [3.63, 3.8) is 0 Å². The number of carbonyl (C=O) groups is 3. The van der Waals surface area contributed by atoms with E-state index in [-0.39, 0.29) is 23.7 Å². The highest BCUT2D eigenvalue weighted by molar-refractivity contribution is 7.96. The predicted octanol–water partition coefficient (Wildman–Crippen LogP) is -0.114. The normalized spacial score (nSPS) is 14.3. The molecule has 0 spiro atoms. The number of hydrogen-bond acceptors (Lipinski definition) is 5. The van der Waals surface area contributed by atoms with Crippen LogP contribution in [-0.4, -0.2) is 47.6 Å². The summed E-state index contributed by atoms with van der Waals surface area (Å²) in [5.74, 6) is -0.432. The van der Waals surface area contributed by atoms with Crippen LogP contribution in [0.2, 0.25) is 0 Å². The van der Waals surface area contributed by atoms with Crippen molar-refractivity contribution in [2.24, 2.45) is 34.0 Å². The number of carbonyl (C=O) groups excluding carboxylic acids is 3. The smallest absolute Gasteiger partial charge is 0.243 e. The third-order valence-corrected chi connectivity index (χ3v) is 4.27. The van der Waals surface area contributed by atoms with Gasteiger partial charge in [-0.15, -0.1) is 12.6 Å². The molecule has 0 heterocycles. The SMILES string of the molecule is CC(C)C[C@H](NC(=O)[C@@H](N)CC(C)C)C(=O)N[C@@H](CCCN=C(N)N)C(=O)S. The Bertz CT molecular complexity index is 549. The minimum atomic E-state index is -0.791. The fourth-order valence-electron chi connectivity index (χ4n) is 2.63. The number of amides is 2. The second-order valence-electron chi connectivity index (χ2n) is 7.77. The van der Waals surface area contributed by atoms with E-state index in [0.29, 0.717) is 32.2 Å². The molecule has 0 aromatic heterocycles. The molecule has 8 N–H and O–H groups in total. The van der Waals surface area contributed by atoms with Gasteiger partial charge in [0, 0.05) is 6.54 Å². The van der Waals surface area contributed by atoms with E-state index < -0.39 is 29.1 Å². The van der Waals surface area contributed by atoms with Gasteiger partial charge in [0.1, 0.15) is 6.04 Å². The molecule has 0 aromatic rings. The van der Waals surface area contributed by atoms with Crippen LogP contribution in [0, 0.1) is 11.8 Å². The lowest BCUT2D eigenvalue weighted by molar-refractivity contribution is -0.131. The zero-order chi connectivity index (χ0) is 21.9. The van der Waals surface area contributed by atoms with Crippen molar-refractivity contribution in [2.45, 2.75) is 71.5 Å². The summed E-state index contributed by atoms with van der Waals surface area (Å²) >= 11 is 3.84. The highest BCUT2D eigenvalue weighted by atomic mass is 32.1.